The molecule has 3 heterocycles. The monoisotopic (exact) mass is 427 g/mol. The lowest BCUT2D eigenvalue weighted by atomic mass is 10.2. The lowest BCUT2D eigenvalue weighted by Crippen LogP contribution is -2.51. The molecule has 0 saturated carbocycles. The van der Waals surface area contributed by atoms with Crippen molar-refractivity contribution in [2.75, 3.05) is 39.8 Å². The van der Waals surface area contributed by atoms with Crippen molar-refractivity contribution in [3.63, 3.8) is 0 Å². The Morgan fingerprint density at radius 3 is 2.70 bits per heavy atom. The molecule has 1 N–H and O–H groups in total. The molecule has 2 aromatic heterocycles. The smallest absolute Gasteiger partial charge is 0.271 e. The van der Waals surface area contributed by atoms with E-state index in [1.54, 1.807) is 29.1 Å². The first kappa shape index (κ1) is 20.7. The molecule has 0 spiro atoms. The molecule has 1 unspecified atom stereocenters. The molecule has 8 heteroatoms. The van der Waals surface area contributed by atoms with Gasteiger partial charge in [-0.05, 0) is 44.3 Å². The highest BCUT2D eigenvalue weighted by molar-refractivity contribution is 6.30. The third-order valence-electron chi connectivity index (χ3n) is 5.49. The van der Waals surface area contributed by atoms with E-state index in [1.807, 2.05) is 24.3 Å². The lowest BCUT2D eigenvalue weighted by Gasteiger charge is -2.36. The van der Waals surface area contributed by atoms with Gasteiger partial charge in [0.25, 0.3) is 5.91 Å². The average Bonchev–Trinajstić information content (AvgIpc) is 3.42. The normalized spacial score (nSPS) is 16.5. The summed E-state index contributed by atoms with van der Waals surface area (Å²) in [5.74, 6) is 0.428. The molecular weight excluding hydrogens is 402 g/mol. The van der Waals surface area contributed by atoms with Gasteiger partial charge in [0.05, 0.1) is 12.0 Å². The average molecular weight is 428 g/mol. The number of rotatable bonds is 6. The zero-order valence-electron chi connectivity index (χ0n) is 17.2. The second kappa shape index (κ2) is 9.04. The Balaban J connectivity index is 1.51. The number of nitrogens with zero attached hydrogens (tertiary/aromatic N) is 4. The summed E-state index contributed by atoms with van der Waals surface area (Å²) in [4.78, 5) is 17.6. The topological polar surface area (TPSA) is 66.5 Å². The second-order valence-corrected chi connectivity index (χ2v) is 8.12. The molecule has 1 aromatic carbocycles. The molecule has 1 fully saturated rings. The van der Waals surface area contributed by atoms with Crippen LogP contribution in [0.15, 0.2) is 53.1 Å². The summed E-state index contributed by atoms with van der Waals surface area (Å²) in [7, 11) is 2.14. The van der Waals surface area contributed by atoms with Crippen LogP contribution in [0.3, 0.4) is 0 Å². The molecule has 0 aliphatic carbocycles. The molecule has 1 amide bonds. The summed E-state index contributed by atoms with van der Waals surface area (Å²) in [5, 5.41) is 8.17. The standard InChI is InChI=1S/C22H26ClN5O2/c1-16(27-10-8-26(2)9-11-27)15-24-22(29)19-14-20(21-7-4-12-30-21)28(25-19)18-6-3-5-17(23)13-18/h3-7,12-14,16H,8-11,15H2,1-2H3,(H,24,29). The molecule has 3 aromatic rings. The van der Waals surface area contributed by atoms with Crippen molar-refractivity contribution in [3.05, 3.63) is 59.4 Å². The molecule has 30 heavy (non-hydrogen) atoms. The predicted molar refractivity (Wildman–Crippen MR) is 117 cm³/mol. The van der Waals surface area contributed by atoms with E-state index in [2.05, 4.69) is 34.2 Å². The molecule has 1 aliphatic heterocycles. The molecule has 0 radical (unpaired) electrons. The third-order valence-corrected chi connectivity index (χ3v) is 5.72. The number of halogens is 1. The Labute approximate surface area is 181 Å². The summed E-state index contributed by atoms with van der Waals surface area (Å²) in [5.41, 5.74) is 1.80. The van der Waals surface area contributed by atoms with Gasteiger partial charge >= 0.3 is 0 Å². The quantitative estimate of drug-likeness (QED) is 0.654. The van der Waals surface area contributed by atoms with Gasteiger partial charge in [0.2, 0.25) is 0 Å². The predicted octanol–water partition coefficient (Wildman–Crippen LogP) is 3.15. The molecule has 1 aliphatic rings. The third kappa shape index (κ3) is 4.59. The summed E-state index contributed by atoms with van der Waals surface area (Å²) in [6, 6.07) is 13.0. The number of benzene rings is 1. The minimum absolute atomic E-state index is 0.204. The van der Waals surface area contributed by atoms with Gasteiger partial charge in [0.15, 0.2) is 11.5 Å². The molecule has 1 saturated heterocycles. The zero-order valence-corrected chi connectivity index (χ0v) is 18.0. The first-order valence-corrected chi connectivity index (χ1v) is 10.5. The number of furan rings is 1. The number of aromatic nitrogens is 2. The van der Waals surface area contributed by atoms with E-state index >= 15 is 0 Å². The van der Waals surface area contributed by atoms with Crippen LogP contribution in [0.1, 0.15) is 17.4 Å². The molecule has 158 valence electrons. The van der Waals surface area contributed by atoms with Crippen molar-refractivity contribution in [3.8, 4) is 17.1 Å². The van der Waals surface area contributed by atoms with Gasteiger partial charge in [-0.1, -0.05) is 17.7 Å². The van der Waals surface area contributed by atoms with Crippen LogP contribution in [-0.4, -0.2) is 71.3 Å². The van der Waals surface area contributed by atoms with Gasteiger partial charge in [-0.2, -0.15) is 5.10 Å². The fourth-order valence-electron chi connectivity index (χ4n) is 3.62. The van der Waals surface area contributed by atoms with Crippen molar-refractivity contribution in [1.29, 1.82) is 0 Å². The van der Waals surface area contributed by atoms with Crippen LogP contribution in [0.25, 0.3) is 17.1 Å². The molecule has 7 nitrogen and oxygen atoms in total. The molecule has 4 rings (SSSR count). The highest BCUT2D eigenvalue weighted by Gasteiger charge is 2.22. The summed E-state index contributed by atoms with van der Waals surface area (Å²) in [6.07, 6.45) is 1.60. The van der Waals surface area contributed by atoms with E-state index in [9.17, 15) is 4.79 Å². The highest BCUT2D eigenvalue weighted by atomic mass is 35.5. The maximum absolute atomic E-state index is 12.8. The Kier molecular flexibility index (Phi) is 6.22. The van der Waals surface area contributed by atoms with E-state index < -0.39 is 0 Å². The van der Waals surface area contributed by atoms with Gasteiger partial charge in [0.1, 0.15) is 5.69 Å². The van der Waals surface area contributed by atoms with Gasteiger partial charge < -0.3 is 14.6 Å². The van der Waals surface area contributed by atoms with Crippen LogP contribution in [-0.2, 0) is 0 Å². The number of nitrogens with one attached hydrogen (secondary N) is 1. The van der Waals surface area contributed by atoms with Crippen LogP contribution in [0.4, 0.5) is 0 Å². The van der Waals surface area contributed by atoms with Crippen molar-refractivity contribution < 1.29 is 9.21 Å². The van der Waals surface area contributed by atoms with Crippen LogP contribution < -0.4 is 5.32 Å². The van der Waals surface area contributed by atoms with Gasteiger partial charge in [-0.3, -0.25) is 9.69 Å². The molecule has 0 bridgehead atoms. The highest BCUT2D eigenvalue weighted by Crippen LogP contribution is 2.25. The van der Waals surface area contributed by atoms with Gasteiger partial charge in [-0.15, -0.1) is 0 Å². The van der Waals surface area contributed by atoms with E-state index in [4.69, 9.17) is 16.0 Å². The van der Waals surface area contributed by atoms with E-state index in [0.717, 1.165) is 31.9 Å². The number of hydrogen-bond acceptors (Lipinski definition) is 5. The minimum atomic E-state index is -0.204. The van der Waals surface area contributed by atoms with E-state index in [-0.39, 0.29) is 11.9 Å². The van der Waals surface area contributed by atoms with Crippen molar-refractivity contribution in [1.82, 2.24) is 24.9 Å². The van der Waals surface area contributed by atoms with E-state index in [1.165, 1.54) is 0 Å². The first-order valence-electron chi connectivity index (χ1n) is 10.1. The van der Waals surface area contributed by atoms with Crippen LogP contribution >= 0.6 is 11.6 Å². The molecule has 1 atom stereocenters. The van der Waals surface area contributed by atoms with Crippen molar-refractivity contribution in [2.24, 2.45) is 0 Å². The van der Waals surface area contributed by atoms with Crippen LogP contribution in [0.5, 0.6) is 0 Å². The Bertz CT molecular complexity index is 993. The number of amides is 1. The second-order valence-electron chi connectivity index (χ2n) is 7.68. The Hall–Kier alpha value is -2.61. The largest absolute Gasteiger partial charge is 0.463 e. The summed E-state index contributed by atoms with van der Waals surface area (Å²) >= 11 is 6.16. The molecular formula is C22H26ClN5O2. The fraction of sp³-hybridized carbons (Fsp3) is 0.364. The van der Waals surface area contributed by atoms with Crippen LogP contribution in [0.2, 0.25) is 5.02 Å². The zero-order chi connectivity index (χ0) is 21.1. The summed E-state index contributed by atoms with van der Waals surface area (Å²) in [6.45, 7) is 6.84. The first-order chi connectivity index (χ1) is 14.5. The number of piperazine rings is 1. The van der Waals surface area contributed by atoms with Crippen molar-refractivity contribution >= 4 is 17.5 Å². The number of carbonyl (C=O) groups excluding carboxylic acids is 1. The lowest BCUT2D eigenvalue weighted by molar-refractivity contribution is 0.0898. The Morgan fingerprint density at radius 1 is 1.20 bits per heavy atom. The number of likely N-dealkylation sites (N-methyl/N-ethyl adjacent to an activating group) is 1. The number of carbonyl (C=O) groups is 1. The van der Waals surface area contributed by atoms with Gasteiger partial charge in [0, 0.05) is 49.9 Å². The fourth-order valence-corrected chi connectivity index (χ4v) is 3.80. The maximum atomic E-state index is 12.8. The van der Waals surface area contributed by atoms with Gasteiger partial charge in [-0.25, -0.2) is 4.68 Å². The van der Waals surface area contributed by atoms with Crippen molar-refractivity contribution in [2.45, 2.75) is 13.0 Å². The SMILES string of the molecule is CC(CNC(=O)c1cc(-c2ccco2)n(-c2cccc(Cl)c2)n1)N1CCN(C)CC1. The maximum Gasteiger partial charge on any atom is 0.271 e. The number of hydrogen-bond donors (Lipinski definition) is 1. The van der Waals surface area contributed by atoms with E-state index in [0.29, 0.717) is 28.7 Å². The minimum Gasteiger partial charge on any atom is -0.463 e. The summed E-state index contributed by atoms with van der Waals surface area (Å²) < 4.78 is 7.24. The van der Waals surface area contributed by atoms with Crippen LogP contribution in [0, 0.1) is 0 Å². The Morgan fingerprint density at radius 2 is 2.00 bits per heavy atom.